The van der Waals surface area contributed by atoms with Gasteiger partial charge in [0.2, 0.25) is 0 Å². The predicted octanol–water partition coefficient (Wildman–Crippen LogP) is 3.09. The Morgan fingerprint density at radius 2 is 1.50 bits per heavy atom. The highest BCUT2D eigenvalue weighted by atomic mass is 16.5. The van der Waals surface area contributed by atoms with E-state index < -0.39 is 5.97 Å². The van der Waals surface area contributed by atoms with Gasteiger partial charge in [-0.25, -0.2) is 0 Å². The zero-order chi connectivity index (χ0) is 14.0. The first kappa shape index (κ1) is 16.4. The molecule has 0 radical (unpaired) electrons. The number of carbonyl (C=O) groups excluding carboxylic acids is 1. The maximum Gasteiger partial charge on any atom is 0.305 e. The SMILES string of the molecule is C=C(CCCC(=O)O)C(=C)CCCC(=O)OCC. The summed E-state index contributed by atoms with van der Waals surface area (Å²) >= 11 is 0. The molecule has 0 aliphatic rings. The van der Waals surface area contributed by atoms with Gasteiger partial charge in [-0.15, -0.1) is 0 Å². The minimum atomic E-state index is -0.796. The van der Waals surface area contributed by atoms with Crippen LogP contribution in [0.2, 0.25) is 0 Å². The Bertz CT molecular complexity index is 318. The zero-order valence-corrected chi connectivity index (χ0v) is 11.0. The fraction of sp³-hybridized carbons (Fsp3) is 0.571. The molecule has 0 aromatic heterocycles. The lowest BCUT2D eigenvalue weighted by molar-refractivity contribution is -0.143. The molecule has 0 unspecified atom stereocenters. The summed E-state index contributed by atoms with van der Waals surface area (Å²) in [5.41, 5.74) is 1.77. The molecule has 0 saturated heterocycles. The Labute approximate surface area is 108 Å². The minimum Gasteiger partial charge on any atom is -0.481 e. The van der Waals surface area contributed by atoms with Crippen LogP contribution in [0.15, 0.2) is 24.3 Å². The van der Waals surface area contributed by atoms with Gasteiger partial charge >= 0.3 is 11.9 Å². The molecule has 18 heavy (non-hydrogen) atoms. The maximum absolute atomic E-state index is 11.1. The molecule has 0 aliphatic heterocycles. The van der Waals surface area contributed by atoms with Crippen LogP contribution in [-0.2, 0) is 14.3 Å². The van der Waals surface area contributed by atoms with Gasteiger partial charge in [-0.1, -0.05) is 24.3 Å². The van der Waals surface area contributed by atoms with Gasteiger partial charge < -0.3 is 9.84 Å². The van der Waals surface area contributed by atoms with Crippen LogP contribution in [0.1, 0.15) is 45.4 Å². The lowest BCUT2D eigenvalue weighted by Crippen LogP contribution is -2.03. The topological polar surface area (TPSA) is 63.6 Å². The van der Waals surface area contributed by atoms with Crippen molar-refractivity contribution in [2.24, 2.45) is 0 Å². The van der Waals surface area contributed by atoms with Gasteiger partial charge in [-0.3, -0.25) is 9.59 Å². The fourth-order valence-electron chi connectivity index (χ4n) is 1.49. The molecule has 0 amide bonds. The first-order chi connectivity index (χ1) is 8.47. The fourth-order valence-corrected chi connectivity index (χ4v) is 1.49. The summed E-state index contributed by atoms with van der Waals surface area (Å²) in [6.07, 6.45) is 3.14. The molecule has 0 atom stereocenters. The van der Waals surface area contributed by atoms with Crippen LogP contribution in [0.3, 0.4) is 0 Å². The van der Waals surface area contributed by atoms with E-state index in [4.69, 9.17) is 9.84 Å². The van der Waals surface area contributed by atoms with Gasteiger partial charge in [-0.2, -0.15) is 0 Å². The van der Waals surface area contributed by atoms with Gasteiger partial charge in [0.05, 0.1) is 6.61 Å². The van der Waals surface area contributed by atoms with Crippen LogP contribution in [0, 0.1) is 0 Å². The van der Waals surface area contributed by atoms with Crippen molar-refractivity contribution in [3.8, 4) is 0 Å². The van der Waals surface area contributed by atoms with Crippen LogP contribution in [0.4, 0.5) is 0 Å². The quantitative estimate of drug-likeness (QED) is 0.480. The van der Waals surface area contributed by atoms with Gasteiger partial charge in [-0.05, 0) is 32.6 Å². The Balaban J connectivity index is 3.71. The highest BCUT2D eigenvalue weighted by Gasteiger charge is 2.05. The number of allylic oxidation sites excluding steroid dienone is 2. The summed E-state index contributed by atoms with van der Waals surface area (Å²) in [5, 5.41) is 8.51. The number of ether oxygens (including phenoxy) is 1. The summed E-state index contributed by atoms with van der Waals surface area (Å²) in [7, 11) is 0. The molecule has 0 aromatic rings. The van der Waals surface area contributed by atoms with Crippen molar-refractivity contribution >= 4 is 11.9 Å². The van der Waals surface area contributed by atoms with E-state index in [2.05, 4.69) is 13.2 Å². The van der Waals surface area contributed by atoms with Crippen molar-refractivity contribution in [2.45, 2.75) is 45.4 Å². The molecule has 0 spiro atoms. The third-order valence-corrected chi connectivity index (χ3v) is 2.53. The van der Waals surface area contributed by atoms with Gasteiger partial charge in [0.15, 0.2) is 0 Å². The molecule has 0 aromatic carbocycles. The standard InChI is InChI=1S/C14H22O4/c1-4-18-14(17)10-6-8-12(3)11(2)7-5-9-13(15)16/h2-10H2,1H3,(H,15,16). The summed E-state index contributed by atoms with van der Waals surface area (Å²) < 4.78 is 4.82. The van der Waals surface area contributed by atoms with Gasteiger partial charge in [0.25, 0.3) is 0 Å². The van der Waals surface area contributed by atoms with E-state index in [9.17, 15) is 9.59 Å². The number of hydrogen-bond donors (Lipinski definition) is 1. The largest absolute Gasteiger partial charge is 0.481 e. The normalized spacial score (nSPS) is 9.83. The monoisotopic (exact) mass is 254 g/mol. The molecule has 0 fully saturated rings. The molecular formula is C14H22O4. The average molecular weight is 254 g/mol. The minimum absolute atomic E-state index is 0.148. The molecule has 102 valence electrons. The summed E-state index contributed by atoms with van der Waals surface area (Å²) in [4.78, 5) is 21.5. The predicted molar refractivity (Wildman–Crippen MR) is 70.3 cm³/mol. The number of carbonyl (C=O) groups is 2. The van der Waals surface area contributed by atoms with E-state index >= 15 is 0 Å². The van der Waals surface area contributed by atoms with Crippen molar-refractivity contribution in [1.29, 1.82) is 0 Å². The van der Waals surface area contributed by atoms with E-state index in [0.717, 1.165) is 11.1 Å². The molecule has 0 aliphatic carbocycles. The van der Waals surface area contributed by atoms with Crippen LogP contribution in [0.5, 0.6) is 0 Å². The number of carboxylic acid groups (broad SMARTS) is 1. The Morgan fingerprint density at radius 1 is 1.00 bits per heavy atom. The first-order valence-electron chi connectivity index (χ1n) is 6.20. The van der Waals surface area contributed by atoms with Gasteiger partial charge in [0, 0.05) is 12.8 Å². The second-order valence-electron chi connectivity index (χ2n) is 4.11. The van der Waals surface area contributed by atoms with E-state index in [0.29, 0.717) is 38.7 Å². The van der Waals surface area contributed by atoms with E-state index in [1.54, 1.807) is 6.92 Å². The molecule has 4 nitrogen and oxygen atoms in total. The van der Waals surface area contributed by atoms with Crippen molar-refractivity contribution in [2.75, 3.05) is 6.61 Å². The van der Waals surface area contributed by atoms with Gasteiger partial charge in [0.1, 0.15) is 0 Å². The average Bonchev–Trinajstić information content (AvgIpc) is 2.28. The third kappa shape index (κ3) is 8.56. The number of carboxylic acids is 1. The van der Waals surface area contributed by atoms with E-state index in [1.165, 1.54) is 0 Å². The van der Waals surface area contributed by atoms with Crippen LogP contribution in [0.25, 0.3) is 0 Å². The van der Waals surface area contributed by atoms with Crippen molar-refractivity contribution in [1.82, 2.24) is 0 Å². The number of aliphatic carboxylic acids is 1. The second-order valence-corrected chi connectivity index (χ2v) is 4.11. The Hall–Kier alpha value is -1.58. The lowest BCUT2D eigenvalue weighted by Gasteiger charge is -2.08. The smallest absolute Gasteiger partial charge is 0.305 e. The highest BCUT2D eigenvalue weighted by Crippen LogP contribution is 2.19. The molecule has 0 rings (SSSR count). The molecule has 1 N–H and O–H groups in total. The Morgan fingerprint density at radius 3 is 1.94 bits per heavy atom. The zero-order valence-electron chi connectivity index (χ0n) is 11.0. The lowest BCUT2D eigenvalue weighted by atomic mass is 9.99. The summed E-state index contributed by atoms with van der Waals surface area (Å²) in [6, 6.07) is 0. The van der Waals surface area contributed by atoms with E-state index in [-0.39, 0.29) is 12.4 Å². The first-order valence-corrected chi connectivity index (χ1v) is 6.20. The number of esters is 1. The van der Waals surface area contributed by atoms with Crippen LogP contribution >= 0.6 is 0 Å². The second kappa shape index (κ2) is 9.45. The summed E-state index contributed by atoms with van der Waals surface area (Å²) in [6.45, 7) is 9.96. The van der Waals surface area contributed by atoms with Crippen LogP contribution < -0.4 is 0 Å². The van der Waals surface area contributed by atoms with E-state index in [1.807, 2.05) is 0 Å². The molecule has 0 heterocycles. The maximum atomic E-state index is 11.1. The van der Waals surface area contributed by atoms with Crippen molar-refractivity contribution in [3.05, 3.63) is 24.3 Å². The Kier molecular flexibility index (Phi) is 8.62. The number of rotatable bonds is 10. The molecule has 0 saturated carbocycles. The van der Waals surface area contributed by atoms with Crippen molar-refractivity contribution in [3.63, 3.8) is 0 Å². The molecule has 4 heteroatoms. The summed E-state index contributed by atoms with van der Waals surface area (Å²) in [5.74, 6) is -0.988. The highest BCUT2D eigenvalue weighted by molar-refractivity contribution is 5.69. The number of hydrogen-bond acceptors (Lipinski definition) is 3. The van der Waals surface area contributed by atoms with Crippen molar-refractivity contribution < 1.29 is 19.4 Å². The third-order valence-electron chi connectivity index (χ3n) is 2.53. The molecular weight excluding hydrogens is 232 g/mol. The van der Waals surface area contributed by atoms with Crippen LogP contribution in [-0.4, -0.2) is 23.7 Å². The molecule has 0 bridgehead atoms.